The molecule has 33 heavy (non-hydrogen) atoms. The molecule has 0 atom stereocenters. The van der Waals surface area contributed by atoms with E-state index in [-0.39, 0.29) is 12.5 Å². The number of rotatable bonds is 8. The molecule has 7 nitrogen and oxygen atoms in total. The smallest absolute Gasteiger partial charge is 0.251 e. The van der Waals surface area contributed by atoms with Gasteiger partial charge in [-0.05, 0) is 54.6 Å². The van der Waals surface area contributed by atoms with Crippen molar-refractivity contribution in [3.63, 3.8) is 0 Å². The number of benzene rings is 3. The topological polar surface area (TPSA) is 89.2 Å². The second kappa shape index (κ2) is 10.2. The largest absolute Gasteiger partial charge is 0.497 e. The highest BCUT2D eigenvalue weighted by Gasteiger charge is 2.09. The van der Waals surface area contributed by atoms with Gasteiger partial charge in [-0.1, -0.05) is 24.3 Å². The SMILES string of the molecule is COc1ccc(-n2ccc(CNC(=O)c3cccc(OCc4ccccc4C#N)c3)n2)cc1. The maximum atomic E-state index is 12.6. The van der Waals surface area contributed by atoms with Crippen LogP contribution < -0.4 is 14.8 Å². The van der Waals surface area contributed by atoms with E-state index in [2.05, 4.69) is 16.5 Å². The van der Waals surface area contributed by atoms with E-state index in [1.165, 1.54) is 0 Å². The highest BCUT2D eigenvalue weighted by molar-refractivity contribution is 5.94. The number of aromatic nitrogens is 2. The average Bonchev–Trinajstić information content (AvgIpc) is 3.35. The first-order valence-electron chi connectivity index (χ1n) is 10.3. The summed E-state index contributed by atoms with van der Waals surface area (Å²) in [7, 11) is 1.62. The van der Waals surface area contributed by atoms with Crippen LogP contribution in [0.25, 0.3) is 5.69 Å². The predicted molar refractivity (Wildman–Crippen MR) is 123 cm³/mol. The monoisotopic (exact) mass is 438 g/mol. The third kappa shape index (κ3) is 5.38. The molecule has 0 bridgehead atoms. The van der Waals surface area contributed by atoms with E-state index in [1.54, 1.807) is 42.1 Å². The van der Waals surface area contributed by atoms with Crippen molar-refractivity contribution in [1.82, 2.24) is 15.1 Å². The third-order valence-electron chi connectivity index (χ3n) is 5.04. The van der Waals surface area contributed by atoms with Crippen molar-refractivity contribution in [3.05, 3.63) is 107 Å². The molecule has 0 aliphatic heterocycles. The van der Waals surface area contributed by atoms with Crippen LogP contribution in [0.3, 0.4) is 0 Å². The lowest BCUT2D eigenvalue weighted by molar-refractivity contribution is 0.0950. The van der Waals surface area contributed by atoms with Crippen molar-refractivity contribution >= 4 is 5.91 Å². The Labute approximate surface area is 191 Å². The number of carbonyl (C=O) groups is 1. The zero-order chi connectivity index (χ0) is 23.0. The maximum Gasteiger partial charge on any atom is 0.251 e. The van der Waals surface area contributed by atoms with Crippen molar-refractivity contribution in [1.29, 1.82) is 5.26 Å². The Balaban J connectivity index is 1.35. The molecule has 0 aliphatic rings. The summed E-state index contributed by atoms with van der Waals surface area (Å²) in [5.74, 6) is 1.11. The van der Waals surface area contributed by atoms with Gasteiger partial charge in [-0.2, -0.15) is 10.4 Å². The quantitative estimate of drug-likeness (QED) is 0.444. The molecule has 1 aromatic heterocycles. The summed E-state index contributed by atoms with van der Waals surface area (Å²) in [6.07, 6.45) is 1.84. The van der Waals surface area contributed by atoms with Crippen LogP contribution in [0.15, 0.2) is 85.1 Å². The van der Waals surface area contributed by atoms with Crippen LogP contribution in [0.1, 0.15) is 27.2 Å². The van der Waals surface area contributed by atoms with Crippen LogP contribution in [-0.4, -0.2) is 22.8 Å². The van der Waals surface area contributed by atoms with Gasteiger partial charge >= 0.3 is 0 Å². The number of nitrogens with zero attached hydrogens (tertiary/aromatic N) is 3. The maximum absolute atomic E-state index is 12.6. The summed E-state index contributed by atoms with van der Waals surface area (Å²) in [5, 5.41) is 16.6. The molecule has 0 spiro atoms. The van der Waals surface area contributed by atoms with Gasteiger partial charge in [0.1, 0.15) is 18.1 Å². The molecule has 0 saturated heterocycles. The Kier molecular flexibility index (Phi) is 6.67. The minimum atomic E-state index is -0.225. The zero-order valence-corrected chi connectivity index (χ0v) is 18.1. The fraction of sp³-hybridized carbons (Fsp3) is 0.115. The molecular weight excluding hydrogens is 416 g/mol. The van der Waals surface area contributed by atoms with Crippen LogP contribution >= 0.6 is 0 Å². The predicted octanol–water partition coefficient (Wildman–Crippen LogP) is 4.26. The fourth-order valence-corrected chi connectivity index (χ4v) is 3.25. The summed E-state index contributed by atoms with van der Waals surface area (Å²) in [4.78, 5) is 12.6. The number of nitrogens with one attached hydrogen (secondary N) is 1. The lowest BCUT2D eigenvalue weighted by Crippen LogP contribution is -2.23. The van der Waals surface area contributed by atoms with E-state index in [0.717, 1.165) is 22.7 Å². The molecule has 3 aromatic carbocycles. The first-order valence-corrected chi connectivity index (χ1v) is 10.3. The van der Waals surface area contributed by atoms with Crippen molar-refractivity contribution in [2.45, 2.75) is 13.2 Å². The van der Waals surface area contributed by atoms with Gasteiger partial charge in [-0.3, -0.25) is 4.79 Å². The van der Waals surface area contributed by atoms with E-state index in [1.807, 2.05) is 54.7 Å². The number of methoxy groups -OCH3 is 1. The van der Waals surface area contributed by atoms with Gasteiger partial charge in [-0.25, -0.2) is 4.68 Å². The Morgan fingerprint density at radius 3 is 2.64 bits per heavy atom. The average molecular weight is 438 g/mol. The lowest BCUT2D eigenvalue weighted by atomic mass is 10.1. The van der Waals surface area contributed by atoms with Gasteiger partial charge in [-0.15, -0.1) is 0 Å². The van der Waals surface area contributed by atoms with Crippen LogP contribution in [0.2, 0.25) is 0 Å². The molecule has 0 saturated carbocycles. The molecule has 0 aliphatic carbocycles. The second-order valence-electron chi connectivity index (χ2n) is 7.22. The van der Waals surface area contributed by atoms with Crippen molar-refractivity contribution in [2.75, 3.05) is 7.11 Å². The van der Waals surface area contributed by atoms with E-state index < -0.39 is 0 Å². The minimum Gasteiger partial charge on any atom is -0.497 e. The molecule has 0 radical (unpaired) electrons. The van der Waals surface area contributed by atoms with E-state index in [9.17, 15) is 10.1 Å². The molecule has 1 N–H and O–H groups in total. The number of hydrogen-bond donors (Lipinski definition) is 1. The summed E-state index contributed by atoms with van der Waals surface area (Å²) < 4.78 is 12.7. The second-order valence-corrected chi connectivity index (χ2v) is 7.22. The van der Waals surface area contributed by atoms with E-state index in [4.69, 9.17) is 9.47 Å². The van der Waals surface area contributed by atoms with Crippen LogP contribution in [0.5, 0.6) is 11.5 Å². The van der Waals surface area contributed by atoms with Crippen molar-refractivity contribution < 1.29 is 14.3 Å². The third-order valence-corrected chi connectivity index (χ3v) is 5.04. The van der Waals surface area contributed by atoms with Gasteiger partial charge in [0.05, 0.1) is 36.7 Å². The van der Waals surface area contributed by atoms with E-state index >= 15 is 0 Å². The molecule has 0 fully saturated rings. The van der Waals surface area contributed by atoms with Gasteiger partial charge < -0.3 is 14.8 Å². The highest BCUT2D eigenvalue weighted by Crippen LogP contribution is 2.17. The Morgan fingerprint density at radius 1 is 1.03 bits per heavy atom. The first kappa shape index (κ1) is 21.7. The Bertz CT molecular complexity index is 1290. The van der Waals surface area contributed by atoms with Gasteiger partial charge in [0, 0.05) is 17.3 Å². The molecule has 7 heteroatoms. The van der Waals surface area contributed by atoms with Crippen LogP contribution in [-0.2, 0) is 13.2 Å². The zero-order valence-electron chi connectivity index (χ0n) is 18.1. The standard InChI is InChI=1S/C26H22N4O3/c1-32-24-11-9-23(10-12-24)30-14-13-22(29-30)17-28-26(31)19-7-4-8-25(15-19)33-18-21-6-3-2-5-20(21)16-27/h2-15H,17-18H2,1H3,(H,28,31). The number of nitriles is 1. The van der Waals surface area contributed by atoms with Gasteiger partial charge in [0.15, 0.2) is 0 Å². The van der Waals surface area contributed by atoms with E-state index in [0.29, 0.717) is 23.4 Å². The summed E-state index contributed by atoms with van der Waals surface area (Å²) in [5.41, 5.74) is 3.48. The minimum absolute atomic E-state index is 0.225. The van der Waals surface area contributed by atoms with Gasteiger partial charge in [0.25, 0.3) is 5.91 Å². The Hall–Kier alpha value is -4.57. The lowest BCUT2D eigenvalue weighted by Gasteiger charge is -2.09. The molecule has 164 valence electrons. The first-order chi connectivity index (χ1) is 16.2. The van der Waals surface area contributed by atoms with Gasteiger partial charge in [0.2, 0.25) is 0 Å². The van der Waals surface area contributed by atoms with Crippen molar-refractivity contribution in [3.8, 4) is 23.3 Å². The number of hydrogen-bond acceptors (Lipinski definition) is 5. The van der Waals surface area contributed by atoms with Crippen molar-refractivity contribution in [2.24, 2.45) is 0 Å². The number of amides is 1. The summed E-state index contributed by atoms with van der Waals surface area (Å²) in [6, 6.07) is 25.8. The normalized spacial score (nSPS) is 10.3. The fourth-order valence-electron chi connectivity index (χ4n) is 3.25. The Morgan fingerprint density at radius 2 is 1.85 bits per heavy atom. The number of carbonyl (C=O) groups excluding carboxylic acids is 1. The molecule has 0 unspecified atom stereocenters. The van der Waals surface area contributed by atoms with Crippen LogP contribution in [0, 0.1) is 11.3 Å². The van der Waals surface area contributed by atoms with Crippen LogP contribution in [0.4, 0.5) is 0 Å². The molecule has 4 rings (SSSR count). The highest BCUT2D eigenvalue weighted by atomic mass is 16.5. The number of ether oxygens (including phenoxy) is 2. The summed E-state index contributed by atoms with van der Waals surface area (Å²) in [6.45, 7) is 0.542. The molecule has 1 heterocycles. The molecular formula is C26H22N4O3. The summed E-state index contributed by atoms with van der Waals surface area (Å²) >= 11 is 0. The molecule has 4 aromatic rings. The molecule has 1 amide bonds.